The van der Waals surface area contributed by atoms with E-state index in [9.17, 15) is 10.2 Å². The predicted molar refractivity (Wildman–Crippen MR) is 115 cm³/mol. The van der Waals surface area contributed by atoms with Gasteiger partial charge in [-0.05, 0) is 48.6 Å². The van der Waals surface area contributed by atoms with E-state index in [2.05, 4.69) is 0 Å². The molecule has 3 unspecified atom stereocenters. The van der Waals surface area contributed by atoms with Gasteiger partial charge in [-0.3, -0.25) is 0 Å². The molecule has 3 atom stereocenters. The van der Waals surface area contributed by atoms with Gasteiger partial charge in [0.1, 0.15) is 19.0 Å². The van der Waals surface area contributed by atoms with Gasteiger partial charge < -0.3 is 29.2 Å². The molecule has 6 nitrogen and oxygen atoms in total. The third-order valence-electron chi connectivity index (χ3n) is 6.16. The second-order valence-corrected chi connectivity index (χ2v) is 8.79. The van der Waals surface area contributed by atoms with E-state index >= 15 is 0 Å². The fraction of sp³-hybridized carbons (Fsp3) is 0.500. The van der Waals surface area contributed by atoms with Crippen molar-refractivity contribution < 1.29 is 29.2 Å². The van der Waals surface area contributed by atoms with Crippen LogP contribution in [0.2, 0.25) is 5.02 Å². The minimum absolute atomic E-state index is 0.117. The van der Waals surface area contributed by atoms with E-state index in [0.29, 0.717) is 39.1 Å². The molecule has 0 amide bonds. The lowest BCUT2D eigenvalue weighted by molar-refractivity contribution is -0.114. The van der Waals surface area contributed by atoms with Gasteiger partial charge in [0.05, 0.1) is 36.5 Å². The maximum absolute atomic E-state index is 10.3. The van der Waals surface area contributed by atoms with Crippen LogP contribution in [0, 0.1) is 0 Å². The minimum atomic E-state index is -0.521. The fourth-order valence-corrected chi connectivity index (χ4v) is 5.00. The number of aliphatic hydroxyl groups is 2. The lowest BCUT2D eigenvalue weighted by atomic mass is 9.89. The van der Waals surface area contributed by atoms with E-state index < -0.39 is 6.10 Å². The van der Waals surface area contributed by atoms with Gasteiger partial charge in [0, 0.05) is 24.0 Å². The normalized spacial score (nSPS) is 24.9. The maximum Gasteiger partial charge on any atom is 0.161 e. The number of benzene rings is 2. The Morgan fingerprint density at radius 2 is 1.84 bits per heavy atom. The van der Waals surface area contributed by atoms with Crippen molar-refractivity contribution in [2.45, 2.75) is 50.4 Å². The van der Waals surface area contributed by atoms with Crippen molar-refractivity contribution in [2.75, 3.05) is 26.4 Å². The standard InChI is InChI=1S/C24H27ClO6/c25-23-15(8-14-3-4-20-22(9-14)29-7-6-28-20)10-19(24-18(23)2-1-5-30-24)21-12-16(27)11-17(13-26)31-21/h3-4,9-10,16-17,21,26-27H,1-2,5-8,11-13H2. The Hall–Kier alpha value is -1.99. The Bertz CT molecular complexity index is 962. The average molecular weight is 447 g/mol. The van der Waals surface area contributed by atoms with Crippen molar-refractivity contribution in [3.63, 3.8) is 0 Å². The lowest BCUT2D eigenvalue weighted by Gasteiger charge is -2.35. The number of ether oxygens (including phenoxy) is 4. The molecule has 2 N–H and O–H groups in total. The molecule has 31 heavy (non-hydrogen) atoms. The van der Waals surface area contributed by atoms with Gasteiger partial charge in [0.15, 0.2) is 11.5 Å². The first-order valence-electron chi connectivity index (χ1n) is 10.9. The molecule has 3 aliphatic heterocycles. The number of hydrogen-bond acceptors (Lipinski definition) is 6. The summed E-state index contributed by atoms with van der Waals surface area (Å²) in [5, 5.41) is 20.7. The van der Waals surface area contributed by atoms with Crippen LogP contribution in [0.15, 0.2) is 24.3 Å². The molecule has 1 fully saturated rings. The molecule has 0 aromatic heterocycles. The minimum Gasteiger partial charge on any atom is -0.493 e. The van der Waals surface area contributed by atoms with Crippen molar-refractivity contribution >= 4 is 11.6 Å². The Labute approximate surface area is 186 Å². The van der Waals surface area contributed by atoms with Crippen molar-refractivity contribution in [3.05, 3.63) is 51.5 Å². The van der Waals surface area contributed by atoms with Crippen LogP contribution in [0.4, 0.5) is 0 Å². The second-order valence-electron chi connectivity index (χ2n) is 8.41. The Morgan fingerprint density at radius 3 is 2.68 bits per heavy atom. The van der Waals surface area contributed by atoms with E-state index in [1.165, 1.54) is 0 Å². The molecule has 0 radical (unpaired) electrons. The van der Waals surface area contributed by atoms with E-state index in [-0.39, 0.29) is 18.8 Å². The molecule has 0 aliphatic carbocycles. The molecule has 2 aromatic rings. The first kappa shape index (κ1) is 20.9. The summed E-state index contributed by atoms with van der Waals surface area (Å²) in [4.78, 5) is 0. The molecule has 0 bridgehead atoms. The van der Waals surface area contributed by atoms with Gasteiger partial charge in [0.2, 0.25) is 0 Å². The van der Waals surface area contributed by atoms with Gasteiger partial charge in [-0.2, -0.15) is 0 Å². The van der Waals surface area contributed by atoms with E-state index in [4.69, 9.17) is 30.5 Å². The molecule has 3 heterocycles. The summed E-state index contributed by atoms with van der Waals surface area (Å²) in [6, 6.07) is 8.01. The van der Waals surface area contributed by atoms with Crippen LogP contribution in [0.3, 0.4) is 0 Å². The summed E-state index contributed by atoms with van der Waals surface area (Å²) in [5.74, 6) is 2.30. The Morgan fingerprint density at radius 1 is 1.00 bits per heavy atom. The zero-order valence-electron chi connectivity index (χ0n) is 17.3. The molecule has 0 spiro atoms. The van der Waals surface area contributed by atoms with Crippen LogP contribution in [-0.4, -0.2) is 48.8 Å². The largest absolute Gasteiger partial charge is 0.493 e. The Balaban J connectivity index is 1.51. The zero-order valence-corrected chi connectivity index (χ0v) is 18.1. The molecule has 1 saturated heterocycles. The molecule has 0 saturated carbocycles. The van der Waals surface area contributed by atoms with Crippen molar-refractivity contribution in [3.8, 4) is 17.2 Å². The molecular formula is C24H27ClO6. The van der Waals surface area contributed by atoms with Crippen LogP contribution in [0.25, 0.3) is 0 Å². The highest BCUT2D eigenvalue weighted by atomic mass is 35.5. The van der Waals surface area contributed by atoms with Crippen LogP contribution >= 0.6 is 11.6 Å². The predicted octanol–water partition coefficient (Wildman–Crippen LogP) is 3.60. The second kappa shape index (κ2) is 8.87. The molecule has 2 aromatic carbocycles. The summed E-state index contributed by atoms with van der Waals surface area (Å²) in [7, 11) is 0. The van der Waals surface area contributed by atoms with Crippen LogP contribution in [-0.2, 0) is 17.6 Å². The summed E-state index contributed by atoms with van der Waals surface area (Å²) >= 11 is 6.85. The van der Waals surface area contributed by atoms with Crippen molar-refractivity contribution in [1.29, 1.82) is 0 Å². The molecule has 166 valence electrons. The highest BCUT2D eigenvalue weighted by molar-refractivity contribution is 6.32. The third-order valence-corrected chi connectivity index (χ3v) is 6.63. The SMILES string of the molecule is OCC1CC(O)CC(c2cc(Cc3ccc4c(c3)OCCO4)c(Cl)c3c2OCCC3)O1. The van der Waals surface area contributed by atoms with Crippen molar-refractivity contribution in [2.24, 2.45) is 0 Å². The summed E-state index contributed by atoms with van der Waals surface area (Å²) in [5.41, 5.74) is 3.97. The van der Waals surface area contributed by atoms with E-state index in [1.807, 2.05) is 24.3 Å². The molecular weight excluding hydrogens is 420 g/mol. The van der Waals surface area contributed by atoms with Crippen LogP contribution in [0.1, 0.15) is 47.6 Å². The van der Waals surface area contributed by atoms with Crippen LogP contribution in [0.5, 0.6) is 17.2 Å². The number of aliphatic hydroxyl groups excluding tert-OH is 2. The van der Waals surface area contributed by atoms with Gasteiger partial charge in [-0.25, -0.2) is 0 Å². The van der Waals surface area contributed by atoms with Crippen LogP contribution < -0.4 is 14.2 Å². The van der Waals surface area contributed by atoms with E-state index in [1.54, 1.807) is 0 Å². The first-order valence-corrected chi connectivity index (χ1v) is 11.3. The lowest BCUT2D eigenvalue weighted by Crippen LogP contribution is -2.34. The van der Waals surface area contributed by atoms with E-state index in [0.717, 1.165) is 57.4 Å². The highest BCUT2D eigenvalue weighted by Gasteiger charge is 2.33. The first-order chi connectivity index (χ1) is 15.1. The molecule has 5 rings (SSSR count). The number of fused-ring (bicyclic) bond motifs is 2. The number of hydrogen-bond donors (Lipinski definition) is 2. The number of halogens is 1. The summed E-state index contributed by atoms with van der Waals surface area (Å²) in [6.45, 7) is 1.63. The van der Waals surface area contributed by atoms with Gasteiger partial charge >= 0.3 is 0 Å². The quantitative estimate of drug-likeness (QED) is 0.747. The molecule has 3 aliphatic rings. The Kier molecular flexibility index (Phi) is 5.97. The van der Waals surface area contributed by atoms with Gasteiger partial charge in [-0.15, -0.1) is 0 Å². The fourth-order valence-electron chi connectivity index (χ4n) is 4.69. The van der Waals surface area contributed by atoms with Gasteiger partial charge in [-0.1, -0.05) is 17.7 Å². The average Bonchev–Trinajstić information content (AvgIpc) is 2.80. The smallest absolute Gasteiger partial charge is 0.161 e. The maximum atomic E-state index is 10.3. The van der Waals surface area contributed by atoms with Gasteiger partial charge in [0.25, 0.3) is 0 Å². The topological polar surface area (TPSA) is 77.4 Å². The summed E-state index contributed by atoms with van der Waals surface area (Å²) < 4.78 is 23.5. The molecule has 7 heteroatoms. The monoisotopic (exact) mass is 446 g/mol. The summed E-state index contributed by atoms with van der Waals surface area (Å²) in [6.07, 6.45) is 2.04. The third kappa shape index (κ3) is 4.22. The number of rotatable bonds is 4. The van der Waals surface area contributed by atoms with Crippen molar-refractivity contribution in [1.82, 2.24) is 0 Å². The zero-order chi connectivity index (χ0) is 21.4. The highest BCUT2D eigenvalue weighted by Crippen LogP contribution is 2.44.